The van der Waals surface area contributed by atoms with Crippen molar-refractivity contribution in [3.8, 4) is 0 Å². The van der Waals surface area contributed by atoms with E-state index in [1.54, 1.807) is 20.8 Å². The first-order chi connectivity index (χ1) is 19.2. The van der Waals surface area contributed by atoms with Crippen molar-refractivity contribution >= 4 is 32.3 Å². The third-order valence-electron chi connectivity index (χ3n) is 9.69. The summed E-state index contributed by atoms with van der Waals surface area (Å²) in [4.78, 5) is 0. The van der Waals surface area contributed by atoms with Gasteiger partial charge < -0.3 is 0 Å². The van der Waals surface area contributed by atoms with Crippen LogP contribution < -0.4 is 0 Å². The molecule has 0 heterocycles. The molecule has 5 aromatic carbocycles. The van der Waals surface area contributed by atoms with Crippen molar-refractivity contribution in [2.75, 3.05) is 0 Å². The second kappa shape index (κ2) is 10.5. The molecule has 0 aliphatic heterocycles. The summed E-state index contributed by atoms with van der Waals surface area (Å²) < 4.78 is 63.7. The standard InChI is InChI=1S/C36H36F4/c1-6-35(5,7-2)29-31(37)33(39)30(34(40)32(29)38)36(8-3,9-4)21-22-15-14-20-27-25-17-11-10-16-23(25)24-18-12-13-19-26(24)28(22)27/h10-20H,6-9,21H2,1-5H3. The molecule has 0 unspecified atom stereocenters. The molecule has 0 bridgehead atoms. The van der Waals surface area contributed by atoms with Crippen LogP contribution in [0, 0.1) is 23.3 Å². The molecule has 5 aromatic rings. The molecule has 0 aliphatic rings. The first-order valence-corrected chi connectivity index (χ1v) is 14.4. The lowest BCUT2D eigenvalue weighted by Crippen LogP contribution is -2.33. The minimum atomic E-state index is -1.26. The number of benzene rings is 5. The second-order valence-electron chi connectivity index (χ2n) is 11.4. The molecule has 40 heavy (non-hydrogen) atoms. The van der Waals surface area contributed by atoms with Gasteiger partial charge in [0.25, 0.3) is 0 Å². The molecule has 0 atom stereocenters. The Morgan fingerprint density at radius 2 is 0.900 bits per heavy atom. The average molecular weight is 545 g/mol. The highest BCUT2D eigenvalue weighted by molar-refractivity contribution is 6.26. The summed E-state index contributed by atoms with van der Waals surface area (Å²) in [6.45, 7) is 8.90. The highest BCUT2D eigenvalue weighted by Gasteiger charge is 2.42. The summed E-state index contributed by atoms with van der Waals surface area (Å²) in [5.74, 6) is -5.05. The fourth-order valence-corrected chi connectivity index (χ4v) is 6.72. The molecule has 0 saturated heterocycles. The fraction of sp³-hybridized carbons (Fsp3) is 0.333. The van der Waals surface area contributed by atoms with Gasteiger partial charge in [-0.3, -0.25) is 0 Å². The average Bonchev–Trinajstić information content (AvgIpc) is 2.99. The molecule has 0 N–H and O–H groups in total. The molecule has 208 valence electrons. The van der Waals surface area contributed by atoms with Gasteiger partial charge in [0.15, 0.2) is 23.3 Å². The normalized spacial score (nSPS) is 12.6. The Bertz CT molecular complexity index is 1650. The zero-order chi connectivity index (χ0) is 28.8. The topological polar surface area (TPSA) is 0 Å². The van der Waals surface area contributed by atoms with E-state index in [9.17, 15) is 0 Å². The lowest BCUT2D eigenvalue weighted by atomic mass is 9.68. The minimum absolute atomic E-state index is 0.241. The van der Waals surface area contributed by atoms with Gasteiger partial charge in [-0.25, -0.2) is 17.6 Å². The van der Waals surface area contributed by atoms with Crippen LogP contribution in [0.5, 0.6) is 0 Å². The Morgan fingerprint density at radius 1 is 0.500 bits per heavy atom. The van der Waals surface area contributed by atoms with Gasteiger partial charge in [0.2, 0.25) is 0 Å². The summed E-state index contributed by atoms with van der Waals surface area (Å²) in [7, 11) is 0. The lowest BCUT2D eigenvalue weighted by Gasteiger charge is -2.36. The predicted octanol–water partition coefficient (Wildman–Crippen LogP) is 11.1. The van der Waals surface area contributed by atoms with Crippen molar-refractivity contribution in [3.63, 3.8) is 0 Å². The molecule has 0 fully saturated rings. The maximum absolute atomic E-state index is 16.1. The largest absolute Gasteiger partial charge is 0.203 e. The molecular weight excluding hydrogens is 508 g/mol. The lowest BCUT2D eigenvalue weighted by molar-refractivity contribution is 0.313. The van der Waals surface area contributed by atoms with Gasteiger partial charge in [-0.2, -0.15) is 0 Å². The van der Waals surface area contributed by atoms with Crippen LogP contribution >= 0.6 is 0 Å². The summed E-state index contributed by atoms with van der Waals surface area (Å²) in [5.41, 5.74) is -2.22. The van der Waals surface area contributed by atoms with E-state index in [4.69, 9.17) is 0 Å². The highest BCUT2D eigenvalue weighted by Crippen LogP contribution is 2.46. The van der Waals surface area contributed by atoms with Gasteiger partial charge >= 0.3 is 0 Å². The van der Waals surface area contributed by atoms with E-state index in [0.29, 0.717) is 25.7 Å². The predicted molar refractivity (Wildman–Crippen MR) is 159 cm³/mol. The van der Waals surface area contributed by atoms with Crippen molar-refractivity contribution in [1.29, 1.82) is 0 Å². The SMILES string of the molecule is CCC(C)(CC)c1c(F)c(F)c(C(CC)(CC)Cc2cccc3c4ccccc4c4ccccc4c23)c(F)c1F. The van der Waals surface area contributed by atoms with Crippen LogP contribution in [0.4, 0.5) is 17.6 Å². The fourth-order valence-electron chi connectivity index (χ4n) is 6.72. The van der Waals surface area contributed by atoms with E-state index in [1.165, 1.54) is 0 Å². The number of hydrogen-bond donors (Lipinski definition) is 0. The third kappa shape index (κ3) is 4.10. The van der Waals surface area contributed by atoms with Crippen molar-refractivity contribution < 1.29 is 17.6 Å². The van der Waals surface area contributed by atoms with Crippen molar-refractivity contribution in [2.24, 2.45) is 0 Å². The Kier molecular flexibility index (Phi) is 7.41. The van der Waals surface area contributed by atoms with E-state index >= 15 is 17.6 Å². The smallest absolute Gasteiger partial charge is 0.166 e. The van der Waals surface area contributed by atoms with Gasteiger partial charge in [0, 0.05) is 16.5 Å². The van der Waals surface area contributed by atoms with Gasteiger partial charge in [-0.1, -0.05) is 101 Å². The Hall–Kier alpha value is -3.40. The first kappa shape index (κ1) is 28.1. The number of halogens is 4. The summed E-state index contributed by atoms with van der Waals surface area (Å²) in [6.07, 6.45) is 1.59. The van der Waals surface area contributed by atoms with E-state index in [0.717, 1.165) is 37.9 Å². The van der Waals surface area contributed by atoms with Crippen LogP contribution in [-0.2, 0) is 17.3 Å². The zero-order valence-corrected chi connectivity index (χ0v) is 23.9. The molecule has 0 spiro atoms. The van der Waals surface area contributed by atoms with Crippen LogP contribution in [0.1, 0.15) is 77.0 Å². The van der Waals surface area contributed by atoms with E-state index in [1.807, 2.05) is 50.2 Å². The van der Waals surface area contributed by atoms with E-state index in [2.05, 4.69) is 30.3 Å². The maximum Gasteiger partial charge on any atom is 0.166 e. The molecular formula is C36H36F4. The van der Waals surface area contributed by atoms with Crippen LogP contribution in [0.15, 0.2) is 66.7 Å². The summed E-state index contributed by atoms with van der Waals surface area (Å²) in [5, 5.41) is 6.41. The quantitative estimate of drug-likeness (QED) is 0.104. The molecule has 0 amide bonds. The van der Waals surface area contributed by atoms with Crippen molar-refractivity contribution in [2.45, 2.75) is 77.6 Å². The molecule has 0 aromatic heterocycles. The molecule has 0 aliphatic carbocycles. The number of fused-ring (bicyclic) bond motifs is 6. The minimum Gasteiger partial charge on any atom is -0.203 e. The summed E-state index contributed by atoms with van der Waals surface area (Å²) in [6, 6.07) is 22.4. The Balaban J connectivity index is 1.80. The van der Waals surface area contributed by atoms with Crippen LogP contribution in [0.3, 0.4) is 0 Å². The van der Waals surface area contributed by atoms with E-state index in [-0.39, 0.29) is 6.42 Å². The van der Waals surface area contributed by atoms with Gasteiger partial charge in [-0.05, 0) is 75.4 Å². The third-order valence-corrected chi connectivity index (χ3v) is 9.69. The molecule has 0 radical (unpaired) electrons. The van der Waals surface area contributed by atoms with Gasteiger partial charge in [0.1, 0.15) is 0 Å². The van der Waals surface area contributed by atoms with Crippen molar-refractivity contribution in [3.05, 3.63) is 107 Å². The van der Waals surface area contributed by atoms with Crippen LogP contribution in [-0.4, -0.2) is 0 Å². The van der Waals surface area contributed by atoms with Gasteiger partial charge in [0.05, 0.1) is 0 Å². The second-order valence-corrected chi connectivity index (χ2v) is 11.4. The molecule has 0 nitrogen and oxygen atoms in total. The van der Waals surface area contributed by atoms with Crippen molar-refractivity contribution in [1.82, 2.24) is 0 Å². The number of hydrogen-bond acceptors (Lipinski definition) is 0. The molecule has 0 saturated carbocycles. The Labute approximate surface area is 234 Å². The monoisotopic (exact) mass is 544 g/mol. The van der Waals surface area contributed by atoms with Crippen LogP contribution in [0.25, 0.3) is 32.3 Å². The maximum atomic E-state index is 16.1. The molecule has 4 heteroatoms. The Morgan fingerprint density at radius 3 is 1.35 bits per heavy atom. The zero-order valence-electron chi connectivity index (χ0n) is 23.9. The highest BCUT2D eigenvalue weighted by atomic mass is 19.2. The number of rotatable bonds is 8. The van der Waals surface area contributed by atoms with E-state index < -0.39 is 45.2 Å². The first-order valence-electron chi connectivity index (χ1n) is 14.4. The summed E-state index contributed by atoms with van der Waals surface area (Å²) >= 11 is 0. The molecule has 5 rings (SSSR count). The van der Waals surface area contributed by atoms with Crippen LogP contribution in [0.2, 0.25) is 0 Å². The van der Waals surface area contributed by atoms with Gasteiger partial charge in [-0.15, -0.1) is 0 Å².